The molecule has 2 aromatic rings. The van der Waals surface area contributed by atoms with Crippen LogP contribution in [0.5, 0.6) is 11.5 Å². The Bertz CT molecular complexity index is 904. The standard InChI is InChI=1S/C23H27NO6/c1-6-29-19-12-9-17(13-20(19)28-5)23(27)30-15(4)21(25)16-7-10-18(11-8-16)24-22(26)14(2)3/h7-15H,6H2,1-5H3,(H,24,26). The minimum atomic E-state index is -0.980. The molecule has 0 spiro atoms. The zero-order valence-electron chi connectivity index (χ0n) is 17.9. The second-order valence-electron chi connectivity index (χ2n) is 6.93. The minimum Gasteiger partial charge on any atom is -0.493 e. The first kappa shape index (κ1) is 22.9. The van der Waals surface area contributed by atoms with Crippen molar-refractivity contribution in [3.8, 4) is 11.5 Å². The quantitative estimate of drug-likeness (QED) is 0.491. The molecule has 2 rings (SSSR count). The van der Waals surface area contributed by atoms with Gasteiger partial charge < -0.3 is 19.5 Å². The Morgan fingerprint density at radius 1 is 0.933 bits per heavy atom. The number of nitrogens with one attached hydrogen (secondary N) is 1. The number of Topliss-reactive ketones (excluding diaryl/α,β-unsaturated/α-hetero) is 1. The fourth-order valence-electron chi connectivity index (χ4n) is 2.59. The van der Waals surface area contributed by atoms with Gasteiger partial charge in [-0.3, -0.25) is 9.59 Å². The molecule has 0 aliphatic carbocycles. The van der Waals surface area contributed by atoms with Crippen LogP contribution in [0.4, 0.5) is 5.69 Å². The van der Waals surface area contributed by atoms with Gasteiger partial charge in [-0.1, -0.05) is 13.8 Å². The zero-order chi connectivity index (χ0) is 22.3. The van der Waals surface area contributed by atoms with Crippen LogP contribution in [0.2, 0.25) is 0 Å². The van der Waals surface area contributed by atoms with E-state index in [1.54, 1.807) is 50.2 Å². The van der Waals surface area contributed by atoms with Crippen LogP contribution in [0.25, 0.3) is 0 Å². The van der Waals surface area contributed by atoms with Crippen molar-refractivity contribution in [1.82, 2.24) is 0 Å². The summed E-state index contributed by atoms with van der Waals surface area (Å²) in [6.45, 7) is 7.41. The number of methoxy groups -OCH3 is 1. The predicted octanol–water partition coefficient (Wildman–Crippen LogP) is 4.12. The minimum absolute atomic E-state index is 0.109. The lowest BCUT2D eigenvalue weighted by molar-refractivity contribution is -0.118. The first-order valence-electron chi connectivity index (χ1n) is 9.73. The summed E-state index contributed by atoms with van der Waals surface area (Å²) in [6.07, 6.45) is -0.980. The Morgan fingerprint density at radius 3 is 2.13 bits per heavy atom. The molecule has 0 aromatic heterocycles. The highest BCUT2D eigenvalue weighted by Crippen LogP contribution is 2.28. The van der Waals surface area contributed by atoms with E-state index in [-0.39, 0.29) is 23.2 Å². The van der Waals surface area contributed by atoms with Gasteiger partial charge in [0, 0.05) is 17.2 Å². The number of carbonyl (C=O) groups excluding carboxylic acids is 3. The van der Waals surface area contributed by atoms with Crippen molar-refractivity contribution in [2.75, 3.05) is 19.0 Å². The number of esters is 1. The van der Waals surface area contributed by atoms with E-state index in [1.807, 2.05) is 6.92 Å². The summed E-state index contributed by atoms with van der Waals surface area (Å²) >= 11 is 0. The van der Waals surface area contributed by atoms with Crippen molar-refractivity contribution in [2.24, 2.45) is 5.92 Å². The summed E-state index contributed by atoms with van der Waals surface area (Å²) in [6, 6.07) is 11.1. The van der Waals surface area contributed by atoms with Gasteiger partial charge in [-0.15, -0.1) is 0 Å². The first-order chi connectivity index (χ1) is 14.3. The molecular weight excluding hydrogens is 386 g/mol. The number of carbonyl (C=O) groups is 3. The van der Waals surface area contributed by atoms with E-state index in [0.29, 0.717) is 29.4 Å². The van der Waals surface area contributed by atoms with Crippen LogP contribution in [0.15, 0.2) is 42.5 Å². The van der Waals surface area contributed by atoms with Crippen molar-refractivity contribution in [1.29, 1.82) is 0 Å². The molecule has 0 saturated heterocycles. The topological polar surface area (TPSA) is 90.9 Å². The molecule has 0 aliphatic heterocycles. The van der Waals surface area contributed by atoms with E-state index in [1.165, 1.54) is 20.1 Å². The number of hydrogen-bond donors (Lipinski definition) is 1. The number of amides is 1. The van der Waals surface area contributed by atoms with Crippen molar-refractivity contribution in [3.63, 3.8) is 0 Å². The summed E-state index contributed by atoms with van der Waals surface area (Å²) in [4.78, 5) is 36.8. The fraction of sp³-hybridized carbons (Fsp3) is 0.348. The van der Waals surface area contributed by atoms with Gasteiger partial charge in [0.05, 0.1) is 19.3 Å². The molecule has 0 bridgehead atoms. The molecular formula is C23H27NO6. The summed E-state index contributed by atoms with van der Waals surface area (Å²) in [7, 11) is 1.48. The van der Waals surface area contributed by atoms with E-state index >= 15 is 0 Å². The lowest BCUT2D eigenvalue weighted by atomic mass is 10.1. The first-order valence-corrected chi connectivity index (χ1v) is 9.73. The molecule has 0 heterocycles. The van der Waals surface area contributed by atoms with Gasteiger partial charge in [0.25, 0.3) is 0 Å². The molecule has 1 N–H and O–H groups in total. The van der Waals surface area contributed by atoms with Gasteiger partial charge in [-0.25, -0.2) is 4.79 Å². The maximum atomic E-state index is 12.6. The number of hydrogen-bond acceptors (Lipinski definition) is 6. The van der Waals surface area contributed by atoms with Crippen molar-refractivity contribution in [2.45, 2.75) is 33.8 Å². The largest absolute Gasteiger partial charge is 0.493 e. The molecule has 7 heteroatoms. The molecule has 2 aromatic carbocycles. The summed E-state index contributed by atoms with van der Waals surface area (Å²) < 4.78 is 16.0. The van der Waals surface area contributed by atoms with Gasteiger partial charge in [-0.05, 0) is 56.3 Å². The molecule has 160 valence electrons. The van der Waals surface area contributed by atoms with Crippen LogP contribution in [-0.4, -0.2) is 37.5 Å². The maximum absolute atomic E-state index is 12.6. The van der Waals surface area contributed by atoms with E-state index in [9.17, 15) is 14.4 Å². The molecule has 1 unspecified atom stereocenters. The molecule has 0 aliphatic rings. The Morgan fingerprint density at radius 2 is 1.57 bits per heavy atom. The van der Waals surface area contributed by atoms with Crippen molar-refractivity contribution < 1.29 is 28.6 Å². The van der Waals surface area contributed by atoms with Gasteiger partial charge in [0.1, 0.15) is 0 Å². The fourth-order valence-corrected chi connectivity index (χ4v) is 2.59. The molecule has 30 heavy (non-hydrogen) atoms. The highest BCUT2D eigenvalue weighted by molar-refractivity contribution is 6.02. The summed E-state index contributed by atoms with van der Waals surface area (Å²) in [5.41, 5.74) is 1.22. The van der Waals surface area contributed by atoms with Crippen molar-refractivity contribution >= 4 is 23.3 Å². The lowest BCUT2D eigenvalue weighted by Gasteiger charge is -2.14. The number of anilines is 1. The second-order valence-corrected chi connectivity index (χ2v) is 6.93. The maximum Gasteiger partial charge on any atom is 0.338 e. The van der Waals surface area contributed by atoms with Crippen LogP contribution in [0.1, 0.15) is 48.4 Å². The third-order valence-electron chi connectivity index (χ3n) is 4.31. The summed E-state index contributed by atoms with van der Waals surface area (Å²) in [5.74, 6) is -0.315. The van der Waals surface area contributed by atoms with Crippen LogP contribution in [-0.2, 0) is 9.53 Å². The van der Waals surface area contributed by atoms with Crippen molar-refractivity contribution in [3.05, 3.63) is 53.6 Å². The Kier molecular flexibility index (Phi) is 7.98. The highest BCUT2D eigenvalue weighted by atomic mass is 16.5. The third-order valence-corrected chi connectivity index (χ3v) is 4.31. The lowest BCUT2D eigenvalue weighted by Crippen LogP contribution is -2.24. The van der Waals surface area contributed by atoms with Crippen LogP contribution in [0, 0.1) is 5.92 Å². The number of ether oxygens (including phenoxy) is 3. The molecule has 0 saturated carbocycles. The van der Waals surface area contributed by atoms with E-state index in [0.717, 1.165) is 0 Å². The van der Waals surface area contributed by atoms with E-state index in [4.69, 9.17) is 14.2 Å². The van der Waals surface area contributed by atoms with Crippen LogP contribution < -0.4 is 14.8 Å². The zero-order valence-corrected chi connectivity index (χ0v) is 17.9. The van der Waals surface area contributed by atoms with E-state index in [2.05, 4.69) is 5.32 Å². The van der Waals surface area contributed by atoms with E-state index < -0.39 is 12.1 Å². The van der Waals surface area contributed by atoms with Crippen LogP contribution >= 0.6 is 0 Å². The average Bonchev–Trinajstić information content (AvgIpc) is 2.74. The SMILES string of the molecule is CCOc1ccc(C(=O)OC(C)C(=O)c2ccc(NC(=O)C(C)C)cc2)cc1OC. The average molecular weight is 413 g/mol. The number of rotatable bonds is 9. The third kappa shape index (κ3) is 5.83. The van der Waals surface area contributed by atoms with Gasteiger partial charge in [0.2, 0.25) is 11.7 Å². The van der Waals surface area contributed by atoms with Gasteiger partial charge in [0.15, 0.2) is 17.6 Å². The number of ketones is 1. The molecule has 0 fully saturated rings. The monoisotopic (exact) mass is 413 g/mol. The second kappa shape index (κ2) is 10.4. The Hall–Kier alpha value is -3.35. The number of benzene rings is 2. The Balaban J connectivity index is 2.04. The molecule has 7 nitrogen and oxygen atoms in total. The molecule has 1 amide bonds. The predicted molar refractivity (Wildman–Crippen MR) is 113 cm³/mol. The normalized spacial score (nSPS) is 11.5. The smallest absolute Gasteiger partial charge is 0.338 e. The Labute approximate surface area is 176 Å². The molecule has 1 atom stereocenters. The van der Waals surface area contributed by atoms with Gasteiger partial charge in [-0.2, -0.15) is 0 Å². The van der Waals surface area contributed by atoms with Crippen LogP contribution in [0.3, 0.4) is 0 Å². The van der Waals surface area contributed by atoms with Gasteiger partial charge >= 0.3 is 5.97 Å². The highest BCUT2D eigenvalue weighted by Gasteiger charge is 2.21. The summed E-state index contributed by atoms with van der Waals surface area (Å²) in [5, 5.41) is 2.76. The molecule has 0 radical (unpaired) electrons.